The third-order valence-corrected chi connectivity index (χ3v) is 8.15. The van der Waals surface area contributed by atoms with Gasteiger partial charge in [-0.05, 0) is 30.4 Å². The molecule has 1 saturated heterocycles. The number of rotatable bonds is 9. The van der Waals surface area contributed by atoms with Gasteiger partial charge in [-0.25, -0.2) is 13.2 Å². The predicted octanol–water partition coefficient (Wildman–Crippen LogP) is 1.91. The molecule has 0 radical (unpaired) electrons. The number of esters is 1. The smallest absolute Gasteiger partial charge is 0.330 e. The van der Waals surface area contributed by atoms with Crippen LogP contribution in [-0.4, -0.2) is 78.6 Å². The summed E-state index contributed by atoms with van der Waals surface area (Å²) < 4.78 is 29.2. The number of nitrogens with zero attached hydrogens (tertiary/aromatic N) is 2. The quantitative estimate of drug-likeness (QED) is 0.382. The lowest BCUT2D eigenvalue weighted by molar-refractivity contribution is -0.157. The van der Waals surface area contributed by atoms with Crippen molar-refractivity contribution in [2.75, 3.05) is 24.7 Å². The molecule has 1 unspecified atom stereocenters. The molecule has 2 heterocycles. The van der Waals surface area contributed by atoms with Crippen LogP contribution in [0, 0.1) is 11.8 Å². The lowest BCUT2D eigenvalue weighted by atomic mass is 9.97. The largest absolute Gasteiger partial charge is 0.454 e. The van der Waals surface area contributed by atoms with Gasteiger partial charge in [-0.15, -0.1) is 0 Å². The zero-order chi connectivity index (χ0) is 25.2. The van der Waals surface area contributed by atoms with E-state index in [9.17, 15) is 27.6 Å². The number of ether oxygens (including phenoxy) is 1. The second-order valence-electron chi connectivity index (χ2n) is 9.46. The number of carbonyl (C=O) groups is 4. The molecule has 0 bridgehead atoms. The Labute approximate surface area is 200 Å². The summed E-state index contributed by atoms with van der Waals surface area (Å²) in [5.74, 6) is -2.83. The Morgan fingerprint density at radius 2 is 1.71 bits per heavy atom. The number of hydrogen-bond acceptors (Lipinski definition) is 7. The van der Waals surface area contributed by atoms with E-state index < -0.39 is 58.1 Å². The lowest BCUT2D eigenvalue weighted by Gasteiger charge is -2.31. The third-order valence-electron chi connectivity index (χ3n) is 6.40. The molecule has 2 aliphatic heterocycles. The first-order chi connectivity index (χ1) is 16.0. The number of benzene rings is 1. The molecule has 0 saturated carbocycles. The van der Waals surface area contributed by atoms with E-state index in [4.69, 9.17) is 4.74 Å². The van der Waals surface area contributed by atoms with Gasteiger partial charge >= 0.3 is 5.97 Å². The molecule has 2 aliphatic rings. The lowest BCUT2D eigenvalue weighted by Crippen LogP contribution is -2.50. The van der Waals surface area contributed by atoms with Crippen molar-refractivity contribution in [2.24, 2.45) is 11.8 Å². The Morgan fingerprint density at radius 3 is 2.18 bits per heavy atom. The molecule has 0 spiro atoms. The Hall–Kier alpha value is -2.75. The average molecular weight is 493 g/mol. The summed E-state index contributed by atoms with van der Waals surface area (Å²) in [7, 11) is -3.20. The molecule has 3 amide bonds. The zero-order valence-electron chi connectivity index (χ0n) is 20.0. The highest BCUT2D eigenvalue weighted by atomic mass is 32.2. The maximum Gasteiger partial charge on any atom is 0.330 e. The number of carbonyl (C=O) groups excluding carboxylic acids is 4. The van der Waals surface area contributed by atoms with Crippen LogP contribution >= 0.6 is 0 Å². The molecule has 186 valence electrons. The fourth-order valence-corrected chi connectivity index (χ4v) is 6.18. The number of fused-ring (bicyclic) bond motifs is 1. The van der Waals surface area contributed by atoms with E-state index in [0.717, 1.165) is 4.90 Å². The van der Waals surface area contributed by atoms with E-state index >= 15 is 0 Å². The highest BCUT2D eigenvalue weighted by molar-refractivity contribution is 7.91. The van der Waals surface area contributed by atoms with E-state index in [-0.39, 0.29) is 28.6 Å². The molecular weight excluding hydrogens is 460 g/mol. The Morgan fingerprint density at radius 1 is 1.12 bits per heavy atom. The van der Waals surface area contributed by atoms with Gasteiger partial charge in [0.15, 0.2) is 16.4 Å². The topological polar surface area (TPSA) is 118 Å². The Bertz CT molecular complexity index is 1050. The predicted molar refractivity (Wildman–Crippen MR) is 125 cm³/mol. The van der Waals surface area contributed by atoms with Gasteiger partial charge in [-0.1, -0.05) is 46.2 Å². The summed E-state index contributed by atoms with van der Waals surface area (Å²) in [6.07, 6.45) is 0.847. The minimum Gasteiger partial charge on any atom is -0.454 e. The van der Waals surface area contributed by atoms with E-state index in [2.05, 4.69) is 0 Å². The maximum absolute atomic E-state index is 13.1. The molecule has 0 N–H and O–H groups in total. The van der Waals surface area contributed by atoms with Crippen LogP contribution in [0.15, 0.2) is 24.3 Å². The minimum absolute atomic E-state index is 0.0230. The molecule has 9 nitrogen and oxygen atoms in total. The molecule has 3 rings (SSSR count). The molecule has 0 aliphatic carbocycles. The fraction of sp³-hybridized carbons (Fsp3) is 0.583. The van der Waals surface area contributed by atoms with Crippen molar-refractivity contribution >= 4 is 33.5 Å². The highest BCUT2D eigenvalue weighted by Gasteiger charge is 2.45. The Balaban J connectivity index is 1.75. The summed E-state index contributed by atoms with van der Waals surface area (Å²) in [5, 5.41) is 0. The number of hydrogen-bond donors (Lipinski definition) is 0. The van der Waals surface area contributed by atoms with Crippen LogP contribution in [0.5, 0.6) is 0 Å². The van der Waals surface area contributed by atoms with Gasteiger partial charge in [-0.2, -0.15) is 0 Å². The second kappa shape index (κ2) is 10.2. The molecule has 0 aromatic heterocycles. The first-order valence-corrected chi connectivity index (χ1v) is 13.4. The van der Waals surface area contributed by atoms with Crippen LogP contribution in [0.4, 0.5) is 0 Å². The number of sulfone groups is 1. The van der Waals surface area contributed by atoms with Gasteiger partial charge in [0.25, 0.3) is 17.7 Å². The van der Waals surface area contributed by atoms with Crippen molar-refractivity contribution in [1.82, 2.24) is 9.80 Å². The SMILES string of the molecule is CC[C@H](C)[C@@H](C(=O)OCC(=O)N(CC(C)C)C1CCS(=O)(=O)C1)N1C(=O)c2ccccc2C1=O. The van der Waals surface area contributed by atoms with E-state index in [1.807, 2.05) is 20.8 Å². The highest BCUT2D eigenvalue weighted by Crippen LogP contribution is 2.29. The zero-order valence-corrected chi connectivity index (χ0v) is 20.8. The Kier molecular flexibility index (Phi) is 7.80. The molecule has 1 aromatic rings. The normalized spacial score (nSPS) is 20.9. The van der Waals surface area contributed by atoms with Crippen LogP contribution in [0.25, 0.3) is 0 Å². The molecule has 3 atom stereocenters. The standard InChI is InChI=1S/C24H32N2O7S/c1-5-16(4)21(26-22(28)18-8-6-7-9-19(18)23(26)29)24(30)33-13-20(27)25(12-15(2)3)17-10-11-34(31,32)14-17/h6-9,15-17,21H,5,10-14H2,1-4H3/t16-,17?,21-/m0/s1. The first-order valence-electron chi connectivity index (χ1n) is 11.6. The van der Waals surface area contributed by atoms with E-state index in [1.165, 1.54) is 17.0 Å². The van der Waals surface area contributed by atoms with Gasteiger partial charge in [0.1, 0.15) is 6.04 Å². The van der Waals surface area contributed by atoms with Crippen LogP contribution in [-0.2, 0) is 24.2 Å². The molecule has 34 heavy (non-hydrogen) atoms. The van der Waals surface area contributed by atoms with Crippen molar-refractivity contribution in [3.8, 4) is 0 Å². The summed E-state index contributed by atoms with van der Waals surface area (Å²) in [6, 6.07) is 4.75. The van der Waals surface area contributed by atoms with Crippen molar-refractivity contribution in [1.29, 1.82) is 0 Å². The van der Waals surface area contributed by atoms with Gasteiger partial charge in [0.05, 0.1) is 22.6 Å². The monoisotopic (exact) mass is 492 g/mol. The fourth-order valence-electron chi connectivity index (χ4n) is 4.45. The third kappa shape index (κ3) is 5.32. The molecule has 10 heteroatoms. The molecule has 1 fully saturated rings. The van der Waals surface area contributed by atoms with E-state index in [0.29, 0.717) is 19.4 Å². The maximum atomic E-state index is 13.1. The van der Waals surface area contributed by atoms with Gasteiger partial charge in [0, 0.05) is 12.6 Å². The van der Waals surface area contributed by atoms with Crippen LogP contribution in [0.2, 0.25) is 0 Å². The number of amides is 3. The van der Waals surface area contributed by atoms with Crippen molar-refractivity contribution < 1.29 is 32.3 Å². The van der Waals surface area contributed by atoms with Crippen molar-refractivity contribution in [3.05, 3.63) is 35.4 Å². The van der Waals surface area contributed by atoms with Crippen LogP contribution < -0.4 is 0 Å². The summed E-state index contributed by atoms with van der Waals surface area (Å²) >= 11 is 0. The summed E-state index contributed by atoms with van der Waals surface area (Å²) in [5.41, 5.74) is 0.463. The van der Waals surface area contributed by atoms with E-state index in [1.54, 1.807) is 19.1 Å². The first kappa shape index (κ1) is 25.9. The van der Waals surface area contributed by atoms with Crippen LogP contribution in [0.3, 0.4) is 0 Å². The second-order valence-corrected chi connectivity index (χ2v) is 11.7. The van der Waals surface area contributed by atoms with Gasteiger partial charge < -0.3 is 9.64 Å². The number of imide groups is 1. The summed E-state index contributed by atoms with van der Waals surface area (Å²) in [4.78, 5) is 54.4. The van der Waals surface area contributed by atoms with Crippen molar-refractivity contribution in [3.63, 3.8) is 0 Å². The average Bonchev–Trinajstić information content (AvgIpc) is 3.27. The summed E-state index contributed by atoms with van der Waals surface area (Å²) in [6.45, 7) is 7.15. The van der Waals surface area contributed by atoms with Gasteiger partial charge in [0.2, 0.25) is 0 Å². The molecule has 1 aromatic carbocycles. The molecular formula is C24H32N2O7S. The van der Waals surface area contributed by atoms with Crippen LogP contribution in [0.1, 0.15) is 61.3 Å². The van der Waals surface area contributed by atoms with Gasteiger partial charge in [-0.3, -0.25) is 19.3 Å². The van der Waals surface area contributed by atoms with Crippen molar-refractivity contribution in [2.45, 2.75) is 52.6 Å². The minimum atomic E-state index is -3.20.